The summed E-state index contributed by atoms with van der Waals surface area (Å²) in [4.78, 5) is 31.9. The van der Waals surface area contributed by atoms with E-state index in [1.54, 1.807) is 6.07 Å². The van der Waals surface area contributed by atoms with Gasteiger partial charge in [-0.25, -0.2) is 9.98 Å². The van der Waals surface area contributed by atoms with E-state index in [9.17, 15) is 14.9 Å². The number of fused-ring (bicyclic) bond motifs is 6. The lowest BCUT2D eigenvalue weighted by Crippen LogP contribution is -1.95. The third-order valence-electron chi connectivity index (χ3n) is 9.18. The number of carbonyl (C=O) groups excluding carboxylic acids is 2. The van der Waals surface area contributed by atoms with Crippen LogP contribution in [0.5, 0.6) is 0 Å². The van der Waals surface area contributed by atoms with Crippen LogP contribution in [0.4, 0.5) is 0 Å². The van der Waals surface area contributed by atoms with Crippen molar-refractivity contribution >= 4 is 55.9 Å². The summed E-state index contributed by atoms with van der Waals surface area (Å²) in [5, 5.41) is 30.3. The Bertz CT molecular complexity index is 2560. The standard InChI is InChI=1S/C25H18N2O.C15H6N2O.C2H3N/c1-14(2)16-8-6-15(7-9-16)12-17-10-11-19-22-18(17)4-3-5-20(22)24-23(19)21(13-26)25(28)27-24;16-7-11-13-9-5-1-3-8-4-2-6-10(12(8)9)14(13)17-15(11)18;1-2-3/h3-11,14H,12H2,1-2H3;1-6H;1H3. The number of nitriles is 3. The number of benzene rings is 5. The van der Waals surface area contributed by atoms with E-state index in [-0.39, 0.29) is 11.1 Å². The first-order valence-electron chi connectivity index (χ1n) is 15.8. The second-order valence-corrected chi connectivity index (χ2v) is 12.3. The molecule has 4 aliphatic rings. The Morgan fingerprint density at radius 3 is 1.69 bits per heavy atom. The van der Waals surface area contributed by atoms with Gasteiger partial charge < -0.3 is 0 Å². The first-order valence-corrected chi connectivity index (χ1v) is 15.8. The zero-order valence-electron chi connectivity index (χ0n) is 27.0. The number of hydrogen-bond donors (Lipinski definition) is 0. The second-order valence-electron chi connectivity index (χ2n) is 12.3. The fraction of sp³-hybridized carbons (Fsp3) is 0.119. The number of allylic oxidation sites excluding steroid dienone is 2. The van der Waals surface area contributed by atoms with Gasteiger partial charge in [0, 0.05) is 29.2 Å². The maximum absolute atomic E-state index is 12.1. The predicted octanol–water partition coefficient (Wildman–Crippen LogP) is 8.16. The molecule has 0 saturated heterocycles. The fourth-order valence-electron chi connectivity index (χ4n) is 7.01. The average Bonchev–Trinajstić information content (AvgIpc) is 3.81. The van der Waals surface area contributed by atoms with Crippen molar-refractivity contribution in [1.82, 2.24) is 0 Å². The number of aliphatic imine (C=N–C) groups is 2. The lowest BCUT2D eigenvalue weighted by molar-refractivity contribution is -0.114. The van der Waals surface area contributed by atoms with Crippen LogP contribution in [0.25, 0.3) is 32.7 Å². The lowest BCUT2D eigenvalue weighted by Gasteiger charge is -2.11. The molecule has 49 heavy (non-hydrogen) atoms. The molecular weight excluding hydrogens is 606 g/mol. The van der Waals surface area contributed by atoms with Crippen LogP contribution in [0.15, 0.2) is 112 Å². The van der Waals surface area contributed by atoms with Crippen molar-refractivity contribution in [2.24, 2.45) is 9.98 Å². The molecular formula is C42H27N5O2. The summed E-state index contributed by atoms with van der Waals surface area (Å²) in [6.45, 7) is 5.83. The maximum atomic E-state index is 12.1. The van der Waals surface area contributed by atoms with Crippen LogP contribution in [-0.2, 0) is 16.0 Å². The highest BCUT2D eigenvalue weighted by molar-refractivity contribution is 6.51. The van der Waals surface area contributed by atoms with Crippen LogP contribution in [0, 0.1) is 34.0 Å². The molecule has 0 bridgehead atoms. The Labute approximate surface area is 283 Å². The molecule has 9 rings (SSSR count). The average molecular weight is 634 g/mol. The quantitative estimate of drug-likeness (QED) is 0.198. The van der Waals surface area contributed by atoms with E-state index in [0.717, 1.165) is 50.2 Å². The van der Waals surface area contributed by atoms with Crippen molar-refractivity contribution in [2.75, 3.05) is 0 Å². The van der Waals surface area contributed by atoms with Crippen molar-refractivity contribution in [3.05, 3.63) is 141 Å². The molecule has 0 aromatic heterocycles. The molecule has 0 saturated carbocycles. The Morgan fingerprint density at radius 1 is 0.633 bits per heavy atom. The molecule has 0 radical (unpaired) electrons. The Hall–Kier alpha value is -6.75. The molecule has 7 heteroatoms. The van der Waals surface area contributed by atoms with E-state index < -0.39 is 11.8 Å². The van der Waals surface area contributed by atoms with Crippen LogP contribution in [0.3, 0.4) is 0 Å². The lowest BCUT2D eigenvalue weighted by atomic mass is 9.93. The van der Waals surface area contributed by atoms with Gasteiger partial charge in [0.1, 0.15) is 23.3 Å². The summed E-state index contributed by atoms with van der Waals surface area (Å²) < 4.78 is 0. The largest absolute Gasteiger partial charge is 0.288 e. The maximum Gasteiger partial charge on any atom is 0.288 e. The zero-order chi connectivity index (χ0) is 34.4. The minimum absolute atomic E-state index is 0.157. The number of hydrogen-bond acceptors (Lipinski definition) is 5. The zero-order valence-corrected chi connectivity index (χ0v) is 27.0. The van der Waals surface area contributed by atoms with Gasteiger partial charge >= 0.3 is 0 Å². The molecule has 5 aromatic rings. The molecule has 0 N–H and O–H groups in total. The van der Waals surface area contributed by atoms with Gasteiger partial charge in [-0.15, -0.1) is 0 Å². The van der Waals surface area contributed by atoms with Gasteiger partial charge in [0.05, 0.1) is 17.5 Å². The Balaban J connectivity index is 0.000000154. The molecule has 0 atom stereocenters. The fourth-order valence-corrected chi connectivity index (χ4v) is 7.01. The van der Waals surface area contributed by atoms with Crippen LogP contribution in [-0.4, -0.2) is 23.2 Å². The molecule has 5 aromatic carbocycles. The second kappa shape index (κ2) is 12.1. The van der Waals surface area contributed by atoms with Crippen molar-refractivity contribution in [3.63, 3.8) is 0 Å². The molecule has 2 aliphatic heterocycles. The first-order chi connectivity index (χ1) is 23.8. The van der Waals surface area contributed by atoms with Crippen molar-refractivity contribution in [1.29, 1.82) is 15.8 Å². The summed E-state index contributed by atoms with van der Waals surface area (Å²) >= 11 is 0. The highest BCUT2D eigenvalue weighted by atomic mass is 16.2. The van der Waals surface area contributed by atoms with Crippen molar-refractivity contribution < 1.29 is 9.59 Å². The molecule has 232 valence electrons. The molecule has 0 unspecified atom stereocenters. The van der Waals surface area contributed by atoms with Gasteiger partial charge in [-0.3, -0.25) is 9.59 Å². The normalized spacial score (nSPS) is 14.4. The summed E-state index contributed by atoms with van der Waals surface area (Å²) in [5.41, 5.74) is 10.7. The topological polar surface area (TPSA) is 130 Å². The highest BCUT2D eigenvalue weighted by Crippen LogP contribution is 2.44. The minimum atomic E-state index is -0.426. The molecule has 0 spiro atoms. The molecule has 2 aliphatic carbocycles. The Morgan fingerprint density at radius 2 is 1.14 bits per heavy atom. The minimum Gasteiger partial charge on any atom is -0.266 e. The summed E-state index contributed by atoms with van der Waals surface area (Å²) in [5.74, 6) is -0.324. The van der Waals surface area contributed by atoms with E-state index in [1.165, 1.54) is 23.6 Å². The molecule has 7 nitrogen and oxygen atoms in total. The smallest absolute Gasteiger partial charge is 0.266 e. The summed E-state index contributed by atoms with van der Waals surface area (Å²) in [6, 6.07) is 36.7. The van der Waals surface area contributed by atoms with Gasteiger partial charge in [-0.2, -0.15) is 15.8 Å². The number of carbonyl (C=O) groups is 2. The van der Waals surface area contributed by atoms with Crippen molar-refractivity contribution in [2.45, 2.75) is 33.1 Å². The summed E-state index contributed by atoms with van der Waals surface area (Å²) in [7, 11) is 0. The predicted molar refractivity (Wildman–Crippen MR) is 191 cm³/mol. The van der Waals surface area contributed by atoms with Gasteiger partial charge in [0.2, 0.25) is 0 Å². The van der Waals surface area contributed by atoms with Crippen molar-refractivity contribution in [3.8, 4) is 18.2 Å². The monoisotopic (exact) mass is 633 g/mol. The number of nitrogens with zero attached hydrogens (tertiary/aromatic N) is 5. The van der Waals surface area contributed by atoms with E-state index >= 15 is 0 Å². The van der Waals surface area contributed by atoms with Crippen LogP contribution in [0.1, 0.15) is 65.6 Å². The highest BCUT2D eigenvalue weighted by Gasteiger charge is 2.37. The van der Waals surface area contributed by atoms with E-state index in [1.807, 2.05) is 66.7 Å². The molecule has 2 amide bonds. The van der Waals surface area contributed by atoms with Gasteiger partial charge in [0.25, 0.3) is 11.8 Å². The third-order valence-corrected chi connectivity index (χ3v) is 9.18. The Kier molecular flexibility index (Phi) is 7.64. The van der Waals surface area contributed by atoms with Crippen LogP contribution >= 0.6 is 0 Å². The van der Waals surface area contributed by atoms with E-state index in [0.29, 0.717) is 28.5 Å². The van der Waals surface area contributed by atoms with Gasteiger partial charge in [-0.05, 0) is 61.7 Å². The summed E-state index contributed by atoms with van der Waals surface area (Å²) in [6.07, 6.45) is 0.841. The molecule has 0 fully saturated rings. The number of amides is 2. The van der Waals surface area contributed by atoms with E-state index in [4.69, 9.17) is 10.5 Å². The van der Waals surface area contributed by atoms with Crippen LogP contribution in [0.2, 0.25) is 0 Å². The number of rotatable bonds is 3. The van der Waals surface area contributed by atoms with Gasteiger partial charge in [-0.1, -0.05) is 105 Å². The van der Waals surface area contributed by atoms with Crippen LogP contribution < -0.4 is 0 Å². The SMILES string of the molecule is CC#N.CC(C)c1ccc(Cc2ccc3c4c(cccc24)C2=NC(=O)C(C#N)=C23)cc1.N#CC1=C2C(=NC1=O)c1cccc3cccc2c13. The van der Waals surface area contributed by atoms with Gasteiger partial charge in [0.15, 0.2) is 0 Å². The van der Waals surface area contributed by atoms with E-state index in [2.05, 4.69) is 60.2 Å². The molecule has 2 heterocycles. The third kappa shape index (κ3) is 4.87. The first kappa shape index (κ1) is 30.9.